The van der Waals surface area contributed by atoms with Gasteiger partial charge in [0.2, 0.25) is 5.91 Å². The molecular weight excluding hydrogens is 180 g/mol. The average Bonchev–Trinajstić information content (AvgIpc) is 2.27. The van der Waals surface area contributed by atoms with Gasteiger partial charge in [0, 0.05) is 12.7 Å². The third-order valence-corrected chi connectivity index (χ3v) is 1.99. The minimum absolute atomic E-state index is 0.293. The number of nitrogens with zero attached hydrogens (tertiary/aromatic N) is 1. The Labute approximate surface area is 82.9 Å². The van der Waals surface area contributed by atoms with Crippen molar-refractivity contribution in [1.82, 2.24) is 0 Å². The highest BCUT2D eigenvalue weighted by atomic mass is 16.3. The second-order valence-corrected chi connectivity index (χ2v) is 3.02. The van der Waals surface area contributed by atoms with Gasteiger partial charge in [0.15, 0.2) is 0 Å². The summed E-state index contributed by atoms with van der Waals surface area (Å²) in [4.78, 5) is 12.9. The van der Waals surface area contributed by atoms with E-state index in [1.165, 1.54) is 4.90 Å². The van der Waals surface area contributed by atoms with Crippen molar-refractivity contribution in [1.29, 1.82) is 0 Å². The molecular formula is C10H14N2O2. The lowest BCUT2D eigenvalue weighted by Gasteiger charge is -2.20. The Bertz CT molecular complexity index is 300. The van der Waals surface area contributed by atoms with Gasteiger partial charge in [-0.25, -0.2) is 0 Å². The first kappa shape index (κ1) is 10.7. The second-order valence-electron chi connectivity index (χ2n) is 3.02. The van der Waals surface area contributed by atoms with Crippen LogP contribution in [0, 0.1) is 0 Å². The Morgan fingerprint density at radius 2 is 2.07 bits per heavy atom. The molecule has 0 aliphatic carbocycles. The standard InChI is InChI=1S/C10H14N2O2/c1-12(10(14)9(11)7-13)8-5-3-2-4-6-8/h2-6,9,13H,7,11H2,1H3/t9-/m0/s1. The predicted octanol–water partition coefficient (Wildman–Crippen LogP) is -0.0310. The Morgan fingerprint density at radius 1 is 1.50 bits per heavy atom. The minimum Gasteiger partial charge on any atom is -0.394 e. The quantitative estimate of drug-likeness (QED) is 0.710. The van der Waals surface area contributed by atoms with Gasteiger partial charge in [0.1, 0.15) is 6.04 Å². The number of carbonyl (C=O) groups is 1. The first-order valence-electron chi connectivity index (χ1n) is 4.36. The van der Waals surface area contributed by atoms with Crippen LogP contribution in [0.15, 0.2) is 30.3 Å². The molecule has 0 aliphatic heterocycles. The van der Waals surface area contributed by atoms with Gasteiger partial charge in [0.05, 0.1) is 6.61 Å². The monoisotopic (exact) mass is 194 g/mol. The van der Waals surface area contributed by atoms with Crippen molar-refractivity contribution < 1.29 is 9.90 Å². The molecule has 0 aliphatic rings. The number of hydrogen-bond acceptors (Lipinski definition) is 3. The van der Waals surface area contributed by atoms with Gasteiger partial charge in [-0.05, 0) is 12.1 Å². The number of benzene rings is 1. The molecule has 14 heavy (non-hydrogen) atoms. The maximum Gasteiger partial charge on any atom is 0.246 e. The number of aliphatic hydroxyl groups excluding tert-OH is 1. The van der Waals surface area contributed by atoms with Crippen molar-refractivity contribution in [2.24, 2.45) is 5.73 Å². The summed E-state index contributed by atoms with van der Waals surface area (Å²) in [5.41, 5.74) is 6.18. The molecule has 1 rings (SSSR count). The summed E-state index contributed by atoms with van der Waals surface area (Å²) in [7, 11) is 1.63. The smallest absolute Gasteiger partial charge is 0.246 e. The van der Waals surface area contributed by atoms with Crippen LogP contribution in [0.25, 0.3) is 0 Å². The molecule has 0 saturated heterocycles. The van der Waals surface area contributed by atoms with Crippen LogP contribution in [-0.4, -0.2) is 30.7 Å². The number of hydrogen-bond donors (Lipinski definition) is 2. The molecule has 1 aromatic rings. The summed E-state index contributed by atoms with van der Waals surface area (Å²) in [6, 6.07) is 8.31. The molecule has 1 amide bonds. The number of anilines is 1. The van der Waals surface area contributed by atoms with E-state index in [0.29, 0.717) is 0 Å². The van der Waals surface area contributed by atoms with Crippen LogP contribution in [0.1, 0.15) is 0 Å². The third kappa shape index (κ3) is 2.31. The SMILES string of the molecule is CN(C(=O)[C@@H](N)CO)c1ccccc1. The van der Waals surface area contributed by atoms with Crippen molar-refractivity contribution in [3.63, 3.8) is 0 Å². The van der Waals surface area contributed by atoms with Crippen LogP contribution in [0.2, 0.25) is 0 Å². The first-order valence-corrected chi connectivity index (χ1v) is 4.36. The summed E-state index contributed by atoms with van der Waals surface area (Å²) in [6.07, 6.45) is 0. The van der Waals surface area contributed by atoms with Crippen molar-refractivity contribution in [2.45, 2.75) is 6.04 Å². The number of nitrogens with two attached hydrogens (primary N) is 1. The maximum absolute atomic E-state index is 11.5. The highest BCUT2D eigenvalue weighted by Gasteiger charge is 2.17. The maximum atomic E-state index is 11.5. The molecule has 0 spiro atoms. The zero-order valence-electron chi connectivity index (χ0n) is 8.05. The summed E-state index contributed by atoms with van der Waals surface area (Å²) in [6.45, 7) is -0.337. The van der Waals surface area contributed by atoms with Crippen LogP contribution in [0.4, 0.5) is 5.69 Å². The lowest BCUT2D eigenvalue weighted by molar-refractivity contribution is -0.120. The number of likely N-dealkylation sites (N-methyl/N-ethyl adjacent to an activating group) is 1. The van der Waals surface area contributed by atoms with Gasteiger partial charge in [-0.1, -0.05) is 18.2 Å². The van der Waals surface area contributed by atoms with Gasteiger partial charge in [-0.3, -0.25) is 4.79 Å². The molecule has 0 fully saturated rings. The van der Waals surface area contributed by atoms with Gasteiger partial charge >= 0.3 is 0 Å². The lowest BCUT2D eigenvalue weighted by atomic mass is 10.2. The summed E-state index contributed by atoms with van der Waals surface area (Å²) >= 11 is 0. The molecule has 0 radical (unpaired) electrons. The summed E-state index contributed by atoms with van der Waals surface area (Å²) < 4.78 is 0. The van der Waals surface area contributed by atoms with E-state index in [0.717, 1.165) is 5.69 Å². The number of para-hydroxylation sites is 1. The largest absolute Gasteiger partial charge is 0.394 e. The van der Waals surface area contributed by atoms with E-state index in [9.17, 15) is 4.79 Å². The number of aliphatic hydroxyl groups is 1. The molecule has 0 bridgehead atoms. The molecule has 1 atom stereocenters. The van der Waals surface area contributed by atoms with Crippen LogP contribution >= 0.6 is 0 Å². The number of amides is 1. The van der Waals surface area contributed by atoms with Crippen LogP contribution in [0.3, 0.4) is 0 Å². The van der Waals surface area contributed by atoms with Crippen LogP contribution in [0.5, 0.6) is 0 Å². The fourth-order valence-corrected chi connectivity index (χ4v) is 1.11. The number of carbonyl (C=O) groups excluding carboxylic acids is 1. The lowest BCUT2D eigenvalue weighted by Crippen LogP contribution is -2.44. The summed E-state index contributed by atoms with van der Waals surface area (Å²) in [5, 5.41) is 8.73. The minimum atomic E-state index is -0.847. The molecule has 1 aromatic carbocycles. The van der Waals surface area contributed by atoms with E-state index in [4.69, 9.17) is 10.8 Å². The first-order chi connectivity index (χ1) is 6.66. The van der Waals surface area contributed by atoms with Crippen LogP contribution in [-0.2, 0) is 4.79 Å². The predicted molar refractivity (Wildman–Crippen MR) is 54.9 cm³/mol. The van der Waals surface area contributed by atoms with Gasteiger partial charge in [-0.2, -0.15) is 0 Å². The normalized spacial score (nSPS) is 12.2. The van der Waals surface area contributed by atoms with Gasteiger partial charge < -0.3 is 15.7 Å². The fraction of sp³-hybridized carbons (Fsp3) is 0.300. The zero-order valence-corrected chi connectivity index (χ0v) is 8.05. The van der Waals surface area contributed by atoms with E-state index in [2.05, 4.69) is 0 Å². The molecule has 4 nitrogen and oxygen atoms in total. The molecule has 3 N–H and O–H groups in total. The van der Waals surface area contributed by atoms with Crippen molar-refractivity contribution in [3.8, 4) is 0 Å². The van der Waals surface area contributed by atoms with Crippen LogP contribution < -0.4 is 10.6 Å². The van der Waals surface area contributed by atoms with Crippen molar-refractivity contribution >= 4 is 11.6 Å². The Kier molecular flexibility index (Phi) is 3.62. The van der Waals surface area contributed by atoms with E-state index >= 15 is 0 Å². The average molecular weight is 194 g/mol. The van der Waals surface area contributed by atoms with E-state index in [1.54, 1.807) is 7.05 Å². The molecule has 4 heteroatoms. The van der Waals surface area contributed by atoms with Crippen molar-refractivity contribution in [2.75, 3.05) is 18.6 Å². The van der Waals surface area contributed by atoms with Gasteiger partial charge in [-0.15, -0.1) is 0 Å². The molecule has 0 unspecified atom stereocenters. The zero-order chi connectivity index (χ0) is 10.6. The van der Waals surface area contributed by atoms with E-state index in [-0.39, 0.29) is 12.5 Å². The van der Waals surface area contributed by atoms with Crippen molar-refractivity contribution in [3.05, 3.63) is 30.3 Å². The molecule has 76 valence electrons. The Balaban J connectivity index is 2.76. The Morgan fingerprint density at radius 3 is 2.57 bits per heavy atom. The highest BCUT2D eigenvalue weighted by Crippen LogP contribution is 2.11. The molecule has 0 saturated carbocycles. The third-order valence-electron chi connectivity index (χ3n) is 1.99. The Hall–Kier alpha value is -1.39. The molecule has 0 heterocycles. The molecule has 0 aromatic heterocycles. The fourth-order valence-electron chi connectivity index (χ4n) is 1.11. The highest BCUT2D eigenvalue weighted by molar-refractivity contribution is 5.96. The number of rotatable bonds is 3. The van der Waals surface area contributed by atoms with Gasteiger partial charge in [0.25, 0.3) is 0 Å². The summed E-state index contributed by atoms with van der Waals surface area (Å²) in [5.74, 6) is -0.293. The second kappa shape index (κ2) is 4.74. The van der Waals surface area contributed by atoms with E-state index < -0.39 is 6.04 Å². The van der Waals surface area contributed by atoms with E-state index in [1.807, 2.05) is 30.3 Å². The topological polar surface area (TPSA) is 66.6 Å².